The number of rotatable bonds is 5. The van der Waals surface area contributed by atoms with Crippen LogP contribution in [0.3, 0.4) is 0 Å². The Bertz CT molecular complexity index is 2260. The highest BCUT2D eigenvalue weighted by Gasteiger charge is 2.15. The summed E-state index contributed by atoms with van der Waals surface area (Å²) >= 11 is 0. The van der Waals surface area contributed by atoms with Crippen LogP contribution in [0.1, 0.15) is 5.56 Å². The van der Waals surface area contributed by atoms with Crippen molar-refractivity contribution in [2.45, 2.75) is 6.92 Å². The Morgan fingerprint density at radius 1 is 0.400 bits per heavy atom. The first-order chi connectivity index (χ1) is 22.2. The molecule has 0 saturated carbocycles. The molecule has 6 nitrogen and oxygen atoms in total. The molecule has 0 fully saturated rings. The van der Waals surface area contributed by atoms with Gasteiger partial charge in [0.05, 0.1) is 22.4 Å². The molecule has 6 heteroatoms. The van der Waals surface area contributed by atoms with Gasteiger partial charge in [0.15, 0.2) is 17.5 Å². The van der Waals surface area contributed by atoms with Crippen molar-refractivity contribution in [3.8, 4) is 56.8 Å². The fraction of sp³-hybridized carbons (Fsp3) is 0.0256. The third kappa shape index (κ3) is 5.08. The van der Waals surface area contributed by atoms with E-state index in [1.54, 1.807) is 6.20 Å². The van der Waals surface area contributed by atoms with Crippen LogP contribution >= 0.6 is 0 Å². The van der Waals surface area contributed by atoms with Crippen LogP contribution in [0.25, 0.3) is 78.6 Å². The van der Waals surface area contributed by atoms with E-state index in [0.717, 1.165) is 55.4 Å². The predicted molar refractivity (Wildman–Crippen MR) is 180 cm³/mol. The van der Waals surface area contributed by atoms with Gasteiger partial charge in [0.2, 0.25) is 0 Å². The summed E-state index contributed by atoms with van der Waals surface area (Å²) < 4.78 is 0. The van der Waals surface area contributed by atoms with Gasteiger partial charge in [0, 0.05) is 39.2 Å². The van der Waals surface area contributed by atoms with Gasteiger partial charge in [-0.1, -0.05) is 103 Å². The fourth-order valence-electron chi connectivity index (χ4n) is 5.61. The van der Waals surface area contributed by atoms with Crippen LogP contribution in [0, 0.1) is 6.92 Å². The van der Waals surface area contributed by atoms with E-state index in [-0.39, 0.29) is 0 Å². The summed E-state index contributed by atoms with van der Waals surface area (Å²) in [7, 11) is 0. The second-order valence-electron chi connectivity index (χ2n) is 10.9. The molecular weight excluding hydrogens is 552 g/mol. The molecule has 212 valence electrons. The highest BCUT2D eigenvalue weighted by atomic mass is 15.0. The normalized spacial score (nSPS) is 11.2. The lowest BCUT2D eigenvalue weighted by molar-refractivity contribution is 1.06. The van der Waals surface area contributed by atoms with Crippen molar-refractivity contribution in [1.29, 1.82) is 0 Å². The fourth-order valence-corrected chi connectivity index (χ4v) is 5.61. The van der Waals surface area contributed by atoms with Crippen molar-refractivity contribution in [3.63, 3.8) is 0 Å². The van der Waals surface area contributed by atoms with E-state index < -0.39 is 0 Å². The minimum absolute atomic E-state index is 0.524. The standard InChI is InChI=1S/C39H26N6/c1-25-23-34(26-11-4-2-5-12-26)42-36-31(25)20-18-27-19-21-32(41-35(27)36)29-15-10-16-30(24-29)38-43-37(28-13-6-3-7-14-28)44-39(45-38)33-17-8-9-22-40-33/h2-24H,1H3. The van der Waals surface area contributed by atoms with Crippen LogP contribution in [-0.2, 0) is 0 Å². The van der Waals surface area contributed by atoms with Gasteiger partial charge in [0.1, 0.15) is 5.69 Å². The summed E-state index contributed by atoms with van der Waals surface area (Å²) in [6, 6.07) is 44.7. The molecule has 0 aliphatic carbocycles. The van der Waals surface area contributed by atoms with Crippen LogP contribution < -0.4 is 0 Å². The van der Waals surface area contributed by atoms with Gasteiger partial charge in [0.25, 0.3) is 0 Å². The van der Waals surface area contributed by atoms with Gasteiger partial charge < -0.3 is 0 Å². The van der Waals surface area contributed by atoms with Crippen LogP contribution in [0.5, 0.6) is 0 Å². The lowest BCUT2D eigenvalue weighted by atomic mass is 10.0. The van der Waals surface area contributed by atoms with Gasteiger partial charge in [-0.05, 0) is 42.8 Å². The average Bonchev–Trinajstić information content (AvgIpc) is 3.12. The van der Waals surface area contributed by atoms with E-state index in [2.05, 4.69) is 66.5 Å². The first-order valence-corrected chi connectivity index (χ1v) is 14.8. The number of nitrogens with zero attached hydrogens (tertiary/aromatic N) is 6. The first-order valence-electron chi connectivity index (χ1n) is 14.8. The molecule has 0 unspecified atom stereocenters. The predicted octanol–water partition coefficient (Wildman–Crippen LogP) is 9.01. The molecule has 4 aromatic heterocycles. The Hall–Kier alpha value is -6.14. The summed E-state index contributed by atoms with van der Waals surface area (Å²) in [6.07, 6.45) is 1.75. The SMILES string of the molecule is Cc1cc(-c2ccccc2)nc2c1ccc1ccc(-c3cccc(-c4nc(-c5ccccc5)nc(-c5ccccn5)n4)c3)nc12. The molecule has 0 bridgehead atoms. The molecular formula is C39H26N6. The number of fused-ring (bicyclic) bond motifs is 3. The van der Waals surface area contributed by atoms with Crippen LogP contribution in [0.15, 0.2) is 140 Å². The monoisotopic (exact) mass is 578 g/mol. The molecule has 0 saturated heterocycles. The molecule has 0 radical (unpaired) electrons. The molecule has 45 heavy (non-hydrogen) atoms. The smallest absolute Gasteiger partial charge is 0.182 e. The summed E-state index contributed by atoms with van der Waals surface area (Å²) in [5, 5.41) is 2.14. The van der Waals surface area contributed by atoms with Crippen LogP contribution in [0.4, 0.5) is 0 Å². The van der Waals surface area contributed by atoms with Gasteiger partial charge in [-0.3, -0.25) is 4.98 Å². The van der Waals surface area contributed by atoms with E-state index in [9.17, 15) is 0 Å². The highest BCUT2D eigenvalue weighted by Crippen LogP contribution is 2.32. The van der Waals surface area contributed by atoms with Crippen molar-refractivity contribution >= 4 is 21.8 Å². The molecule has 0 aliphatic heterocycles. The summed E-state index contributed by atoms with van der Waals surface area (Å²) in [4.78, 5) is 29.3. The Labute approximate surface area is 260 Å². The maximum Gasteiger partial charge on any atom is 0.182 e. The largest absolute Gasteiger partial charge is 0.253 e. The lowest BCUT2D eigenvalue weighted by Crippen LogP contribution is -2.01. The quantitative estimate of drug-likeness (QED) is 0.190. The summed E-state index contributed by atoms with van der Waals surface area (Å²) in [5.74, 6) is 1.69. The molecule has 8 aromatic rings. The summed E-state index contributed by atoms with van der Waals surface area (Å²) in [6.45, 7) is 2.13. The molecule has 0 amide bonds. The molecule has 4 aromatic carbocycles. The van der Waals surface area contributed by atoms with Crippen molar-refractivity contribution in [1.82, 2.24) is 29.9 Å². The number of hydrogen-bond acceptors (Lipinski definition) is 6. The Morgan fingerprint density at radius 3 is 1.82 bits per heavy atom. The van der Waals surface area contributed by atoms with Crippen LogP contribution in [-0.4, -0.2) is 29.9 Å². The zero-order valence-electron chi connectivity index (χ0n) is 24.5. The second-order valence-corrected chi connectivity index (χ2v) is 10.9. The van der Waals surface area contributed by atoms with E-state index in [1.807, 2.05) is 78.9 Å². The van der Waals surface area contributed by atoms with Crippen molar-refractivity contribution in [2.24, 2.45) is 0 Å². The van der Waals surface area contributed by atoms with E-state index in [1.165, 1.54) is 5.56 Å². The minimum Gasteiger partial charge on any atom is -0.253 e. The number of benzene rings is 4. The zero-order valence-corrected chi connectivity index (χ0v) is 24.5. The number of pyridine rings is 3. The lowest BCUT2D eigenvalue weighted by Gasteiger charge is -2.11. The van der Waals surface area contributed by atoms with Gasteiger partial charge in [-0.2, -0.15) is 0 Å². The van der Waals surface area contributed by atoms with Gasteiger partial charge in [-0.25, -0.2) is 24.9 Å². The van der Waals surface area contributed by atoms with Gasteiger partial charge >= 0.3 is 0 Å². The number of hydrogen-bond donors (Lipinski definition) is 0. The Kier molecular flexibility index (Phi) is 6.57. The molecule has 0 spiro atoms. The Morgan fingerprint density at radius 2 is 1.04 bits per heavy atom. The maximum atomic E-state index is 5.19. The topological polar surface area (TPSA) is 77.3 Å². The second kappa shape index (κ2) is 11.2. The van der Waals surface area contributed by atoms with Crippen molar-refractivity contribution in [3.05, 3.63) is 145 Å². The highest BCUT2D eigenvalue weighted by molar-refractivity contribution is 6.05. The number of aryl methyl sites for hydroxylation is 1. The number of aromatic nitrogens is 6. The molecule has 8 rings (SSSR count). The molecule has 4 heterocycles. The molecule has 0 atom stereocenters. The molecule has 0 aliphatic rings. The third-order valence-corrected chi connectivity index (χ3v) is 7.89. The average molecular weight is 579 g/mol. The molecule has 0 N–H and O–H groups in total. The van der Waals surface area contributed by atoms with Crippen molar-refractivity contribution in [2.75, 3.05) is 0 Å². The first kappa shape index (κ1) is 26.5. The van der Waals surface area contributed by atoms with E-state index in [0.29, 0.717) is 23.2 Å². The maximum absolute atomic E-state index is 5.19. The van der Waals surface area contributed by atoms with Crippen LogP contribution in [0.2, 0.25) is 0 Å². The third-order valence-electron chi connectivity index (χ3n) is 7.89. The van der Waals surface area contributed by atoms with Gasteiger partial charge in [-0.15, -0.1) is 0 Å². The Balaban J connectivity index is 1.26. The van der Waals surface area contributed by atoms with E-state index >= 15 is 0 Å². The van der Waals surface area contributed by atoms with E-state index in [4.69, 9.17) is 24.9 Å². The summed E-state index contributed by atoms with van der Waals surface area (Å²) in [5.41, 5.74) is 9.25. The van der Waals surface area contributed by atoms with Crippen molar-refractivity contribution < 1.29 is 0 Å². The minimum atomic E-state index is 0.524. The zero-order chi connectivity index (χ0) is 30.2.